The largest absolute Gasteiger partial charge is 0.394 e. The molecule has 0 amide bonds. The van der Waals surface area contributed by atoms with Crippen LogP contribution >= 0.6 is 24.8 Å². The van der Waals surface area contributed by atoms with Crippen LogP contribution in [0.3, 0.4) is 0 Å². The third-order valence-corrected chi connectivity index (χ3v) is 1.00. The second-order valence-corrected chi connectivity index (χ2v) is 2.68. The molecule has 0 saturated carbocycles. The number of thiocarbonyl (C=S) groups is 1. The summed E-state index contributed by atoms with van der Waals surface area (Å²) in [5, 5.41) is 19.6. The lowest BCUT2D eigenvalue weighted by Gasteiger charge is -2.06. The first kappa shape index (κ1) is 9.16. The molecule has 0 aromatic rings. The Morgan fingerprint density at radius 2 is 2.33 bits per heavy atom. The van der Waals surface area contributed by atoms with Crippen molar-refractivity contribution in [2.75, 3.05) is 13.2 Å². The SMILES string of the molecule is OCC(O)CNC(=S)S. The maximum absolute atomic E-state index is 8.70. The molecule has 0 spiro atoms. The number of aliphatic hydroxyl groups excluding tert-OH is 2. The van der Waals surface area contributed by atoms with Gasteiger partial charge in [-0.15, -0.1) is 12.6 Å². The topological polar surface area (TPSA) is 52.5 Å². The van der Waals surface area contributed by atoms with Gasteiger partial charge in [0.15, 0.2) is 0 Å². The first-order valence-electron chi connectivity index (χ1n) is 2.42. The van der Waals surface area contributed by atoms with Crippen LogP contribution in [0.15, 0.2) is 0 Å². The highest BCUT2D eigenvalue weighted by Crippen LogP contribution is 1.80. The number of aliphatic hydroxyl groups is 2. The van der Waals surface area contributed by atoms with E-state index in [2.05, 4.69) is 30.2 Å². The molecule has 0 bridgehead atoms. The third kappa shape index (κ3) is 6.04. The van der Waals surface area contributed by atoms with Crippen LogP contribution in [-0.4, -0.2) is 33.8 Å². The Bertz CT molecular complexity index is 98.6. The Balaban J connectivity index is 3.16. The van der Waals surface area contributed by atoms with E-state index >= 15 is 0 Å². The molecule has 54 valence electrons. The predicted molar refractivity (Wildman–Crippen MR) is 42.7 cm³/mol. The monoisotopic (exact) mass is 167 g/mol. The van der Waals surface area contributed by atoms with Gasteiger partial charge in [-0.25, -0.2) is 0 Å². The summed E-state index contributed by atoms with van der Waals surface area (Å²) in [6.07, 6.45) is -0.755. The molecule has 3 N–H and O–H groups in total. The molecule has 0 aliphatic rings. The molecular weight excluding hydrogens is 158 g/mol. The van der Waals surface area contributed by atoms with E-state index in [0.717, 1.165) is 0 Å². The number of thiol groups is 1. The molecule has 0 aliphatic carbocycles. The van der Waals surface area contributed by atoms with Crippen molar-refractivity contribution in [3.05, 3.63) is 0 Å². The van der Waals surface area contributed by atoms with E-state index in [0.29, 0.717) is 4.32 Å². The van der Waals surface area contributed by atoms with Crippen LogP contribution in [0.1, 0.15) is 0 Å². The van der Waals surface area contributed by atoms with Gasteiger partial charge in [0.25, 0.3) is 0 Å². The Hall–Kier alpha value is 0.160. The quantitative estimate of drug-likeness (QED) is 0.326. The van der Waals surface area contributed by atoms with Crippen molar-refractivity contribution in [3.63, 3.8) is 0 Å². The summed E-state index contributed by atoms with van der Waals surface area (Å²) < 4.78 is 0.322. The minimum atomic E-state index is -0.755. The second-order valence-electron chi connectivity index (χ2n) is 1.52. The molecule has 0 radical (unpaired) electrons. The van der Waals surface area contributed by atoms with E-state index in [9.17, 15) is 0 Å². The fourth-order valence-electron chi connectivity index (χ4n) is 0.270. The zero-order valence-electron chi connectivity index (χ0n) is 4.74. The molecule has 0 heterocycles. The number of hydrogen-bond donors (Lipinski definition) is 4. The van der Waals surface area contributed by atoms with Gasteiger partial charge in [0.05, 0.1) is 12.7 Å². The van der Waals surface area contributed by atoms with E-state index in [-0.39, 0.29) is 13.2 Å². The smallest absolute Gasteiger partial charge is 0.130 e. The summed E-state index contributed by atoms with van der Waals surface area (Å²) in [4.78, 5) is 0. The van der Waals surface area contributed by atoms with Crippen molar-refractivity contribution < 1.29 is 10.2 Å². The summed E-state index contributed by atoms with van der Waals surface area (Å²) >= 11 is 8.26. The van der Waals surface area contributed by atoms with E-state index in [1.165, 1.54) is 0 Å². The number of hydrogen-bond acceptors (Lipinski definition) is 3. The Kier molecular flexibility index (Phi) is 5.07. The van der Waals surface area contributed by atoms with Crippen molar-refractivity contribution in [2.45, 2.75) is 6.10 Å². The van der Waals surface area contributed by atoms with E-state index in [1.807, 2.05) is 0 Å². The molecule has 0 fully saturated rings. The normalized spacial score (nSPS) is 12.8. The van der Waals surface area contributed by atoms with Crippen molar-refractivity contribution >= 4 is 29.2 Å². The molecule has 0 rings (SSSR count). The first-order valence-corrected chi connectivity index (χ1v) is 3.28. The fourth-order valence-corrected chi connectivity index (χ4v) is 0.444. The second kappa shape index (κ2) is 4.99. The first-order chi connectivity index (χ1) is 4.16. The lowest BCUT2D eigenvalue weighted by Crippen LogP contribution is -2.30. The van der Waals surface area contributed by atoms with Crippen molar-refractivity contribution in [1.29, 1.82) is 0 Å². The lowest BCUT2D eigenvalue weighted by molar-refractivity contribution is 0.0985. The average molecular weight is 167 g/mol. The van der Waals surface area contributed by atoms with Crippen LogP contribution in [0.2, 0.25) is 0 Å². The molecule has 0 aromatic heterocycles. The minimum absolute atomic E-state index is 0.249. The summed E-state index contributed by atoms with van der Waals surface area (Å²) in [5.41, 5.74) is 0. The highest BCUT2D eigenvalue weighted by atomic mass is 32.1. The molecule has 0 aliphatic heterocycles. The van der Waals surface area contributed by atoms with Gasteiger partial charge in [-0.2, -0.15) is 0 Å². The highest BCUT2D eigenvalue weighted by molar-refractivity contribution is 8.11. The summed E-state index contributed by atoms with van der Waals surface area (Å²) in [7, 11) is 0. The standard InChI is InChI=1S/C4H9NO2S2/c6-2-3(7)1-5-4(8)9/h3,6-7H,1-2H2,(H2,5,8,9). The predicted octanol–water partition coefficient (Wildman–Crippen LogP) is -0.856. The fraction of sp³-hybridized carbons (Fsp3) is 0.750. The molecule has 1 atom stereocenters. The molecule has 3 nitrogen and oxygen atoms in total. The van der Waals surface area contributed by atoms with Gasteiger partial charge in [0, 0.05) is 6.54 Å². The Morgan fingerprint density at radius 3 is 2.67 bits per heavy atom. The van der Waals surface area contributed by atoms with Crippen LogP contribution in [0.4, 0.5) is 0 Å². The van der Waals surface area contributed by atoms with Gasteiger partial charge in [-0.1, -0.05) is 12.2 Å². The van der Waals surface area contributed by atoms with Gasteiger partial charge < -0.3 is 15.5 Å². The summed E-state index contributed by atoms with van der Waals surface area (Å²) in [5.74, 6) is 0. The van der Waals surface area contributed by atoms with Crippen LogP contribution in [-0.2, 0) is 0 Å². The van der Waals surface area contributed by atoms with Crippen molar-refractivity contribution in [2.24, 2.45) is 0 Å². The van der Waals surface area contributed by atoms with Gasteiger partial charge in [-0.3, -0.25) is 0 Å². The van der Waals surface area contributed by atoms with Crippen LogP contribution < -0.4 is 5.32 Å². The van der Waals surface area contributed by atoms with Crippen LogP contribution in [0, 0.1) is 0 Å². The lowest BCUT2D eigenvalue weighted by atomic mass is 10.4. The van der Waals surface area contributed by atoms with Crippen LogP contribution in [0.25, 0.3) is 0 Å². The van der Waals surface area contributed by atoms with Gasteiger partial charge in [0.2, 0.25) is 0 Å². The van der Waals surface area contributed by atoms with E-state index < -0.39 is 6.10 Å². The molecule has 5 heteroatoms. The van der Waals surface area contributed by atoms with Gasteiger partial charge >= 0.3 is 0 Å². The van der Waals surface area contributed by atoms with Crippen LogP contribution in [0.5, 0.6) is 0 Å². The maximum atomic E-state index is 8.70. The van der Waals surface area contributed by atoms with E-state index in [4.69, 9.17) is 10.2 Å². The van der Waals surface area contributed by atoms with Crippen molar-refractivity contribution in [3.8, 4) is 0 Å². The zero-order valence-corrected chi connectivity index (χ0v) is 6.45. The third-order valence-electron chi connectivity index (χ3n) is 0.700. The maximum Gasteiger partial charge on any atom is 0.130 e. The number of rotatable bonds is 3. The molecule has 1 unspecified atom stereocenters. The zero-order chi connectivity index (χ0) is 7.28. The van der Waals surface area contributed by atoms with Gasteiger partial charge in [-0.05, 0) is 0 Å². The number of nitrogens with one attached hydrogen (secondary N) is 1. The van der Waals surface area contributed by atoms with Gasteiger partial charge in [0.1, 0.15) is 4.32 Å². The summed E-state index contributed by atoms with van der Waals surface area (Å²) in [6.45, 7) is -0.0117. The molecule has 0 saturated heterocycles. The van der Waals surface area contributed by atoms with E-state index in [1.54, 1.807) is 0 Å². The average Bonchev–Trinajstić information content (AvgIpc) is 1.83. The van der Waals surface area contributed by atoms with Crippen molar-refractivity contribution in [1.82, 2.24) is 5.32 Å². The Labute approximate surface area is 64.5 Å². The summed E-state index contributed by atoms with van der Waals surface area (Å²) in [6, 6.07) is 0. The highest BCUT2D eigenvalue weighted by Gasteiger charge is 1.99. The molecular formula is C4H9NO2S2. The minimum Gasteiger partial charge on any atom is -0.394 e. The molecule has 0 aromatic carbocycles. The Morgan fingerprint density at radius 1 is 1.78 bits per heavy atom. The molecule has 9 heavy (non-hydrogen) atoms.